The van der Waals surface area contributed by atoms with Gasteiger partial charge in [0, 0.05) is 0 Å². The minimum absolute atomic E-state index is 0. The normalized spacial score (nSPS) is 9.08. The summed E-state index contributed by atoms with van der Waals surface area (Å²) in [7, 11) is -10.8. The van der Waals surface area contributed by atoms with Crippen molar-refractivity contribution < 1.29 is 61.3 Å². The number of phosphoric acid groups is 2. The minimum Gasteiger partial charge on any atom is -0.822 e. The fourth-order valence-corrected chi connectivity index (χ4v) is 0. The molecular weight excluding hydrogens is 285 g/mol. The van der Waals surface area contributed by atoms with Crippen LogP contribution in [0.4, 0.5) is 0 Å². The molecule has 0 aliphatic carbocycles. The van der Waals surface area contributed by atoms with Crippen molar-refractivity contribution in [2.24, 2.45) is 0 Å². The maximum atomic E-state index is 8.55. The van der Waals surface area contributed by atoms with Gasteiger partial charge in [-0.25, -0.2) is 0 Å². The summed E-state index contributed by atoms with van der Waals surface area (Å²) in [5.41, 5.74) is 0. The average molecular weight is 287 g/mol. The number of hydrogen-bond acceptors (Lipinski definition) is 8. The molecule has 0 unspecified atom stereocenters. The molecule has 0 aromatic heterocycles. The summed E-state index contributed by atoms with van der Waals surface area (Å²) in [5.74, 6) is 0. The molecule has 0 rings (SSSR count). The van der Waals surface area contributed by atoms with Crippen molar-refractivity contribution in [2.75, 3.05) is 0 Å². The first-order valence-electron chi connectivity index (χ1n) is 1.46. The first-order valence-corrected chi connectivity index (χ1v) is 4.38. The standard InChI is InChI=1S/Al.Cr.2H3O4P.H2O/c;;2*1-5(2,3)4;/h;;2*(H3,1,2,3,4);1H2/q2*+3;;;/p-6. The maximum Gasteiger partial charge on any atom is 3.00 e. The molecule has 75 valence electrons. The van der Waals surface area contributed by atoms with Gasteiger partial charge in [0.1, 0.15) is 0 Å². The third kappa shape index (κ3) is 1080. The third-order valence-corrected chi connectivity index (χ3v) is 0. The van der Waals surface area contributed by atoms with Crippen molar-refractivity contribution in [3.05, 3.63) is 0 Å². The Bertz CT molecular complexity index is 130. The van der Waals surface area contributed by atoms with E-state index in [1.807, 2.05) is 0 Å². The molecule has 0 saturated heterocycles. The van der Waals surface area contributed by atoms with Crippen LogP contribution in [0.2, 0.25) is 0 Å². The molecule has 13 heavy (non-hydrogen) atoms. The van der Waals surface area contributed by atoms with E-state index in [2.05, 4.69) is 0 Å². The van der Waals surface area contributed by atoms with E-state index in [1.165, 1.54) is 0 Å². The van der Waals surface area contributed by atoms with Gasteiger partial charge in [0.15, 0.2) is 0 Å². The first-order chi connectivity index (χ1) is 4.00. The average Bonchev–Trinajstić information content (AvgIpc) is 1.12. The Morgan fingerprint density at radius 3 is 0.692 bits per heavy atom. The van der Waals surface area contributed by atoms with Gasteiger partial charge in [-0.3, -0.25) is 0 Å². The summed E-state index contributed by atoms with van der Waals surface area (Å²) in [4.78, 5) is 51.3. The van der Waals surface area contributed by atoms with E-state index >= 15 is 0 Å². The molecule has 9 nitrogen and oxygen atoms in total. The van der Waals surface area contributed by atoms with Gasteiger partial charge >= 0.3 is 34.7 Å². The fraction of sp³-hybridized carbons (Fsp3) is 0. The molecule has 2 N–H and O–H groups in total. The van der Waals surface area contributed by atoms with Crippen LogP contribution in [0.3, 0.4) is 0 Å². The molecule has 0 fully saturated rings. The molecule has 0 aromatic rings. The van der Waals surface area contributed by atoms with Gasteiger partial charge in [0.05, 0.1) is 0 Å². The largest absolute Gasteiger partial charge is 3.00 e. The van der Waals surface area contributed by atoms with Crippen molar-refractivity contribution in [1.82, 2.24) is 0 Å². The van der Waals surface area contributed by atoms with E-state index in [1.54, 1.807) is 0 Å². The van der Waals surface area contributed by atoms with Crippen molar-refractivity contribution in [3.63, 3.8) is 0 Å². The second kappa shape index (κ2) is 11.3. The predicted molar refractivity (Wildman–Crippen MR) is 24.6 cm³/mol. The van der Waals surface area contributed by atoms with E-state index in [-0.39, 0.29) is 40.2 Å². The zero-order chi connectivity index (χ0) is 9.00. The summed E-state index contributed by atoms with van der Waals surface area (Å²) in [6.07, 6.45) is 0. The summed E-state index contributed by atoms with van der Waals surface area (Å²) >= 11 is 0. The third-order valence-electron chi connectivity index (χ3n) is 0. The van der Waals surface area contributed by atoms with Crippen LogP contribution in [0.5, 0.6) is 0 Å². The zero-order valence-corrected chi connectivity index (χ0v) is 9.86. The van der Waals surface area contributed by atoms with Crippen LogP contribution in [-0.2, 0) is 26.5 Å². The minimum atomic E-state index is -5.39. The molecule has 13 heteroatoms. The van der Waals surface area contributed by atoms with Gasteiger partial charge < -0.3 is 44.0 Å². The van der Waals surface area contributed by atoms with Crippen LogP contribution in [0.1, 0.15) is 0 Å². The summed E-state index contributed by atoms with van der Waals surface area (Å²) in [6, 6.07) is 0. The van der Waals surface area contributed by atoms with E-state index < -0.39 is 15.6 Å². The molecular formula is H2AlCrO9P2. The van der Waals surface area contributed by atoms with E-state index in [0.717, 1.165) is 0 Å². The monoisotopic (exact) mass is 287 g/mol. The van der Waals surface area contributed by atoms with Crippen LogP contribution < -0.4 is 29.4 Å². The van der Waals surface area contributed by atoms with Gasteiger partial charge in [-0.15, -0.1) is 0 Å². The Morgan fingerprint density at radius 1 is 0.692 bits per heavy atom. The Balaban J connectivity index is -0.0000000267. The molecule has 0 heterocycles. The van der Waals surface area contributed by atoms with Crippen molar-refractivity contribution in [3.8, 4) is 0 Å². The van der Waals surface area contributed by atoms with Crippen molar-refractivity contribution in [1.29, 1.82) is 0 Å². The zero-order valence-electron chi connectivity index (χ0n) is 5.65. The van der Waals surface area contributed by atoms with Crippen LogP contribution in [0.15, 0.2) is 0 Å². The molecule has 0 aromatic carbocycles. The Labute approximate surface area is 94.5 Å². The van der Waals surface area contributed by atoms with Crippen LogP contribution in [-0.4, -0.2) is 22.8 Å². The first kappa shape index (κ1) is 29.2. The second-order valence-electron chi connectivity index (χ2n) is 0.894. The molecule has 0 aliphatic heterocycles. The van der Waals surface area contributed by atoms with Gasteiger partial charge in [0.2, 0.25) is 0 Å². The fourth-order valence-electron chi connectivity index (χ4n) is 0. The SMILES string of the molecule is O.O=P([O-])([O-])[O-].O=P([O-])([O-])[O-].[Al+3].[Cr+3]. The molecule has 0 aliphatic rings. The van der Waals surface area contributed by atoms with E-state index in [9.17, 15) is 0 Å². The van der Waals surface area contributed by atoms with Crippen molar-refractivity contribution in [2.45, 2.75) is 0 Å². The quantitative estimate of drug-likeness (QED) is 0.308. The van der Waals surface area contributed by atoms with Gasteiger partial charge in [-0.1, -0.05) is 0 Å². The predicted octanol–water partition coefficient (Wildman–Crippen LogP) is -6.86. The molecule has 0 spiro atoms. The molecule has 0 saturated carbocycles. The molecule has 0 amide bonds. The summed E-state index contributed by atoms with van der Waals surface area (Å²) in [6.45, 7) is 0. The van der Waals surface area contributed by atoms with Crippen LogP contribution >= 0.6 is 15.6 Å². The van der Waals surface area contributed by atoms with Crippen LogP contribution in [0, 0.1) is 0 Å². The summed E-state index contributed by atoms with van der Waals surface area (Å²) < 4.78 is 17.1. The second-order valence-corrected chi connectivity index (χ2v) is 2.68. The topological polar surface area (TPSA) is 204 Å². The maximum absolute atomic E-state index is 8.55. The Hall–Kier alpha value is 1.24. The number of hydrogen-bond donors (Lipinski definition) is 0. The molecule has 1 radical (unpaired) electrons. The van der Waals surface area contributed by atoms with Gasteiger partial charge in [-0.05, 0) is 0 Å². The van der Waals surface area contributed by atoms with E-state index in [4.69, 9.17) is 38.5 Å². The molecule has 0 bridgehead atoms. The summed E-state index contributed by atoms with van der Waals surface area (Å²) in [5, 5.41) is 0. The Morgan fingerprint density at radius 2 is 0.692 bits per heavy atom. The number of rotatable bonds is 0. The smallest absolute Gasteiger partial charge is 0.822 e. The van der Waals surface area contributed by atoms with Crippen molar-refractivity contribution >= 4 is 33.0 Å². The van der Waals surface area contributed by atoms with E-state index in [0.29, 0.717) is 0 Å². The van der Waals surface area contributed by atoms with Crippen LogP contribution in [0.25, 0.3) is 0 Å². The van der Waals surface area contributed by atoms with Gasteiger partial charge in [0.25, 0.3) is 0 Å². The van der Waals surface area contributed by atoms with Gasteiger partial charge in [-0.2, -0.15) is 15.6 Å². The Kier molecular flexibility index (Phi) is 25.5. The molecule has 0 atom stereocenters.